The molecule has 3 heterocycles. The minimum Gasteiger partial charge on any atom is -0.466 e. The van der Waals surface area contributed by atoms with Crippen LogP contribution >= 0.6 is 27.7 Å². The van der Waals surface area contributed by atoms with Crippen molar-refractivity contribution < 1.29 is 24.2 Å². The van der Waals surface area contributed by atoms with Gasteiger partial charge < -0.3 is 20.1 Å². The molecule has 0 aromatic rings. The highest BCUT2D eigenvalue weighted by Gasteiger charge is 2.75. The van der Waals surface area contributed by atoms with Gasteiger partial charge >= 0.3 is 5.97 Å². The molecule has 3 fully saturated rings. The Morgan fingerprint density at radius 3 is 2.58 bits per heavy atom. The molecule has 0 aromatic carbocycles. The van der Waals surface area contributed by atoms with Gasteiger partial charge in [0.2, 0.25) is 11.8 Å². The van der Waals surface area contributed by atoms with Gasteiger partial charge in [-0.25, -0.2) is 0 Å². The number of amides is 2. The third-order valence-corrected chi connectivity index (χ3v) is 9.62. The van der Waals surface area contributed by atoms with Gasteiger partial charge in [-0.3, -0.25) is 14.4 Å². The topological polar surface area (TPSA) is 95.9 Å². The van der Waals surface area contributed by atoms with Gasteiger partial charge in [0.05, 0.1) is 23.2 Å². The molecule has 3 rings (SSSR count). The molecule has 9 heteroatoms. The molecule has 31 heavy (non-hydrogen) atoms. The fourth-order valence-electron chi connectivity index (χ4n) is 5.36. The maximum absolute atomic E-state index is 13.7. The highest BCUT2D eigenvalue weighted by Crippen LogP contribution is 2.67. The summed E-state index contributed by atoms with van der Waals surface area (Å²) in [7, 11) is 0. The Morgan fingerprint density at radius 2 is 1.97 bits per heavy atom. The average Bonchev–Trinajstić information content (AvgIpc) is 3.24. The molecule has 0 aliphatic carbocycles. The highest BCUT2D eigenvalue weighted by atomic mass is 79.9. The van der Waals surface area contributed by atoms with E-state index in [1.807, 2.05) is 20.8 Å². The van der Waals surface area contributed by atoms with Crippen molar-refractivity contribution in [3.8, 4) is 0 Å². The van der Waals surface area contributed by atoms with Crippen LogP contribution in [-0.2, 0) is 19.1 Å². The van der Waals surface area contributed by atoms with E-state index < -0.39 is 28.2 Å². The van der Waals surface area contributed by atoms with Crippen molar-refractivity contribution in [2.45, 2.75) is 86.2 Å². The molecule has 3 unspecified atom stereocenters. The van der Waals surface area contributed by atoms with Crippen LogP contribution in [-0.4, -0.2) is 74.0 Å². The second kappa shape index (κ2) is 9.59. The molecule has 7 nitrogen and oxygen atoms in total. The number of aliphatic hydroxyl groups is 1. The molecule has 3 aliphatic heterocycles. The first kappa shape index (κ1) is 24.8. The number of thioether (sulfide) groups is 1. The lowest BCUT2D eigenvalue weighted by Gasteiger charge is -2.36. The summed E-state index contributed by atoms with van der Waals surface area (Å²) in [6.45, 7) is 8.50. The van der Waals surface area contributed by atoms with Crippen molar-refractivity contribution in [1.29, 1.82) is 0 Å². The lowest BCUT2D eigenvalue weighted by atomic mass is 9.71. The third kappa shape index (κ3) is 4.64. The average molecular weight is 520 g/mol. The Bertz CT molecular complexity index is 715. The number of unbranched alkanes of at least 4 members (excludes halogenated alkanes) is 3. The van der Waals surface area contributed by atoms with E-state index in [0.717, 1.165) is 25.7 Å². The summed E-state index contributed by atoms with van der Waals surface area (Å²) in [6, 6.07) is -0.600. The van der Waals surface area contributed by atoms with Crippen LogP contribution in [0.25, 0.3) is 0 Å². The molecule has 3 aliphatic rings. The SMILES string of the molecule is CCOC(=O)[C@H]1[C@H]2C(=O)N(CCCCCCO)C(C(=O)NC(C)(C)C)C23CC(Br)[C@@H]1S3. The zero-order valence-electron chi connectivity index (χ0n) is 18.9. The van der Waals surface area contributed by atoms with Gasteiger partial charge in [0, 0.05) is 28.8 Å². The summed E-state index contributed by atoms with van der Waals surface area (Å²) in [4.78, 5) is 41.8. The number of hydrogen-bond acceptors (Lipinski definition) is 6. The van der Waals surface area contributed by atoms with Gasteiger partial charge in [0.1, 0.15) is 6.04 Å². The van der Waals surface area contributed by atoms with E-state index in [1.54, 1.807) is 23.6 Å². The fraction of sp³-hybridized carbons (Fsp3) is 0.864. The molecule has 6 atom stereocenters. The summed E-state index contributed by atoms with van der Waals surface area (Å²) < 4.78 is 4.73. The van der Waals surface area contributed by atoms with Gasteiger partial charge in [-0.15, -0.1) is 11.8 Å². The Hall–Kier alpha value is -0.800. The van der Waals surface area contributed by atoms with Crippen LogP contribution < -0.4 is 5.32 Å². The Morgan fingerprint density at radius 1 is 1.29 bits per heavy atom. The van der Waals surface area contributed by atoms with Gasteiger partial charge in [-0.2, -0.15) is 0 Å². The largest absolute Gasteiger partial charge is 0.466 e. The first-order valence-corrected chi connectivity index (χ1v) is 13.1. The minimum atomic E-state index is -0.617. The van der Waals surface area contributed by atoms with E-state index in [-0.39, 0.29) is 41.1 Å². The molecular weight excluding hydrogens is 484 g/mol. The van der Waals surface area contributed by atoms with E-state index in [1.165, 1.54) is 0 Å². The zero-order valence-corrected chi connectivity index (χ0v) is 21.3. The number of carbonyl (C=O) groups is 3. The van der Waals surface area contributed by atoms with E-state index in [2.05, 4.69) is 21.2 Å². The normalized spacial score (nSPS) is 34.2. The molecule has 3 saturated heterocycles. The molecule has 2 bridgehead atoms. The predicted octanol–water partition coefficient (Wildman–Crippen LogP) is 2.48. The maximum atomic E-state index is 13.7. The number of halogens is 1. The Kier molecular flexibility index (Phi) is 7.69. The van der Waals surface area contributed by atoms with Gasteiger partial charge in [-0.05, 0) is 47.0 Å². The Balaban J connectivity index is 1.91. The molecule has 0 aromatic heterocycles. The van der Waals surface area contributed by atoms with E-state index in [9.17, 15) is 14.4 Å². The number of nitrogens with one attached hydrogen (secondary N) is 1. The second-order valence-electron chi connectivity index (χ2n) is 9.82. The van der Waals surface area contributed by atoms with Gasteiger partial charge in [0.25, 0.3) is 0 Å². The monoisotopic (exact) mass is 518 g/mol. The predicted molar refractivity (Wildman–Crippen MR) is 124 cm³/mol. The van der Waals surface area contributed by atoms with E-state index in [4.69, 9.17) is 9.84 Å². The number of esters is 1. The van der Waals surface area contributed by atoms with Gasteiger partial charge in [-0.1, -0.05) is 28.8 Å². The second-order valence-corrected chi connectivity index (χ2v) is 12.5. The number of fused-ring (bicyclic) bond motifs is 1. The molecular formula is C22H35BrN2O5S. The van der Waals surface area contributed by atoms with Crippen molar-refractivity contribution in [2.24, 2.45) is 11.8 Å². The standard InChI is InChI=1S/C22H35BrN2O5S/c1-5-30-20(29)14-15-19(28)25(10-8-6-7-9-11-26)17(18(27)24-21(2,3)4)22(15)12-13(23)16(14)31-22/h13-17,26H,5-12H2,1-4H3,(H,24,27)/t13?,14-,15-,16-,17?,22?/m0/s1. The quantitative estimate of drug-likeness (QED) is 0.276. The zero-order chi connectivity index (χ0) is 23.0. The molecule has 2 N–H and O–H groups in total. The molecule has 176 valence electrons. The van der Waals surface area contributed by atoms with Crippen molar-refractivity contribution in [3.63, 3.8) is 0 Å². The lowest BCUT2D eigenvalue weighted by molar-refractivity contribution is -0.153. The first-order chi connectivity index (χ1) is 14.6. The number of carbonyl (C=O) groups excluding carboxylic acids is 3. The van der Waals surface area contributed by atoms with Crippen molar-refractivity contribution >= 4 is 45.5 Å². The summed E-state index contributed by atoms with van der Waals surface area (Å²) in [6.07, 6.45) is 3.95. The minimum absolute atomic E-state index is 0.0606. The fourth-order valence-corrected chi connectivity index (χ4v) is 8.96. The van der Waals surface area contributed by atoms with E-state index >= 15 is 0 Å². The van der Waals surface area contributed by atoms with Gasteiger partial charge in [0.15, 0.2) is 0 Å². The number of likely N-dealkylation sites (tertiary alicyclic amines) is 1. The lowest BCUT2D eigenvalue weighted by Crippen LogP contribution is -2.57. The van der Waals surface area contributed by atoms with Crippen molar-refractivity contribution in [3.05, 3.63) is 0 Å². The first-order valence-electron chi connectivity index (χ1n) is 11.3. The Labute approximate surface area is 197 Å². The number of aliphatic hydroxyl groups excluding tert-OH is 1. The number of nitrogens with zero attached hydrogens (tertiary/aromatic N) is 1. The van der Waals surface area contributed by atoms with Crippen LogP contribution in [0.2, 0.25) is 0 Å². The van der Waals surface area contributed by atoms with E-state index in [0.29, 0.717) is 13.0 Å². The third-order valence-electron chi connectivity index (χ3n) is 6.40. The summed E-state index contributed by atoms with van der Waals surface area (Å²) in [5, 5.41) is 12.0. The number of hydrogen-bond donors (Lipinski definition) is 2. The summed E-state index contributed by atoms with van der Waals surface area (Å²) in [5.41, 5.74) is -0.419. The number of ether oxygens (including phenoxy) is 1. The summed E-state index contributed by atoms with van der Waals surface area (Å²) >= 11 is 5.36. The van der Waals surface area contributed by atoms with Crippen LogP contribution in [0.5, 0.6) is 0 Å². The number of alkyl halides is 1. The smallest absolute Gasteiger partial charge is 0.310 e. The summed E-state index contributed by atoms with van der Waals surface area (Å²) in [5.74, 6) is -1.62. The van der Waals surface area contributed by atoms with Crippen LogP contribution in [0.3, 0.4) is 0 Å². The molecule has 0 saturated carbocycles. The van der Waals surface area contributed by atoms with Crippen molar-refractivity contribution in [2.75, 3.05) is 19.8 Å². The van der Waals surface area contributed by atoms with Crippen LogP contribution in [0.15, 0.2) is 0 Å². The maximum Gasteiger partial charge on any atom is 0.310 e. The highest BCUT2D eigenvalue weighted by molar-refractivity contribution is 9.09. The number of rotatable bonds is 9. The molecule has 1 spiro atoms. The van der Waals surface area contributed by atoms with Crippen molar-refractivity contribution in [1.82, 2.24) is 10.2 Å². The van der Waals surface area contributed by atoms with Crippen LogP contribution in [0, 0.1) is 11.8 Å². The van der Waals surface area contributed by atoms with Crippen LogP contribution in [0.1, 0.15) is 59.8 Å². The molecule has 0 radical (unpaired) electrons. The molecule has 2 amide bonds. The van der Waals surface area contributed by atoms with Crippen LogP contribution in [0.4, 0.5) is 0 Å².